The van der Waals surface area contributed by atoms with Gasteiger partial charge in [-0.2, -0.15) is 13.2 Å². The second-order valence-electron chi connectivity index (χ2n) is 7.16. The average Bonchev–Trinajstić information content (AvgIpc) is 2.61. The molecule has 1 unspecified atom stereocenters. The maximum atomic E-state index is 13.5. The first-order valence-electron chi connectivity index (χ1n) is 8.91. The number of ether oxygens (including phenoxy) is 1. The Balaban J connectivity index is 2.22. The van der Waals surface area contributed by atoms with E-state index < -0.39 is 12.1 Å². The van der Waals surface area contributed by atoms with E-state index in [0.29, 0.717) is 11.4 Å². The molecule has 0 radical (unpaired) electrons. The van der Waals surface area contributed by atoms with Crippen LogP contribution in [-0.4, -0.2) is 45.0 Å². The molecule has 0 amide bonds. The minimum atomic E-state index is -4.38. The van der Waals surface area contributed by atoms with Gasteiger partial charge in [-0.05, 0) is 26.0 Å². The molecule has 1 aliphatic carbocycles. The van der Waals surface area contributed by atoms with E-state index in [4.69, 9.17) is 4.74 Å². The highest BCUT2D eigenvalue weighted by Crippen LogP contribution is 2.42. The van der Waals surface area contributed by atoms with Gasteiger partial charge in [-0.1, -0.05) is 12.2 Å². The minimum absolute atomic E-state index is 0.0344. The van der Waals surface area contributed by atoms with Crippen LogP contribution in [0.2, 0.25) is 0 Å². The van der Waals surface area contributed by atoms with Gasteiger partial charge >= 0.3 is 6.18 Å². The topological polar surface area (TPSA) is 28.1 Å². The van der Waals surface area contributed by atoms with Crippen LogP contribution in [0.15, 0.2) is 46.7 Å². The SMILES string of the molecule is COc1cc(N(C)C)cc(C2=C(C)N=C3C(=CC=CC3C(F)(F)F)N2C)c1C. The molecule has 1 aromatic carbocycles. The fourth-order valence-corrected chi connectivity index (χ4v) is 3.63. The summed E-state index contributed by atoms with van der Waals surface area (Å²) in [5, 5.41) is 0. The van der Waals surface area contributed by atoms with Gasteiger partial charge in [-0.25, -0.2) is 0 Å². The predicted octanol–water partition coefficient (Wildman–Crippen LogP) is 4.78. The maximum Gasteiger partial charge on any atom is 0.400 e. The quantitative estimate of drug-likeness (QED) is 0.743. The van der Waals surface area contributed by atoms with Crippen LogP contribution in [0.3, 0.4) is 0 Å². The first-order valence-corrected chi connectivity index (χ1v) is 8.91. The van der Waals surface area contributed by atoms with E-state index in [0.717, 1.165) is 34.3 Å². The van der Waals surface area contributed by atoms with E-state index in [1.165, 1.54) is 6.08 Å². The van der Waals surface area contributed by atoms with Crippen molar-refractivity contribution in [3.63, 3.8) is 0 Å². The maximum absolute atomic E-state index is 13.5. The highest BCUT2D eigenvalue weighted by atomic mass is 19.4. The smallest absolute Gasteiger partial charge is 0.400 e. The summed E-state index contributed by atoms with van der Waals surface area (Å²) in [5.41, 5.74) is 4.53. The van der Waals surface area contributed by atoms with Gasteiger partial charge in [0.2, 0.25) is 0 Å². The second-order valence-corrected chi connectivity index (χ2v) is 7.16. The molecular formula is C21H24F3N3O. The monoisotopic (exact) mass is 391 g/mol. The summed E-state index contributed by atoms with van der Waals surface area (Å²) in [6.07, 6.45) is -0.103. The molecule has 150 valence electrons. The molecule has 7 heteroatoms. The largest absolute Gasteiger partial charge is 0.496 e. The van der Waals surface area contributed by atoms with Crippen LogP contribution in [0.5, 0.6) is 5.75 Å². The molecule has 0 saturated heterocycles. The molecule has 3 rings (SSSR count). The van der Waals surface area contributed by atoms with Crippen LogP contribution < -0.4 is 9.64 Å². The molecule has 0 saturated carbocycles. The summed E-state index contributed by atoms with van der Waals surface area (Å²) >= 11 is 0. The van der Waals surface area contributed by atoms with E-state index in [-0.39, 0.29) is 5.71 Å². The highest BCUT2D eigenvalue weighted by Gasteiger charge is 2.45. The molecule has 0 aromatic heterocycles. The number of allylic oxidation sites excluding steroid dienone is 5. The van der Waals surface area contributed by atoms with E-state index >= 15 is 0 Å². The lowest BCUT2D eigenvalue weighted by molar-refractivity contribution is -0.143. The van der Waals surface area contributed by atoms with Gasteiger partial charge < -0.3 is 14.5 Å². The van der Waals surface area contributed by atoms with E-state index in [9.17, 15) is 13.2 Å². The Labute approximate surface area is 163 Å². The Morgan fingerprint density at radius 3 is 2.43 bits per heavy atom. The number of halogens is 3. The Kier molecular flexibility index (Phi) is 5.04. The molecule has 1 heterocycles. The van der Waals surface area contributed by atoms with Gasteiger partial charge in [0.15, 0.2) is 0 Å². The van der Waals surface area contributed by atoms with E-state index in [2.05, 4.69) is 4.99 Å². The number of fused-ring (bicyclic) bond motifs is 1. The molecule has 1 aromatic rings. The zero-order chi connectivity index (χ0) is 20.8. The van der Waals surface area contributed by atoms with Gasteiger partial charge in [0, 0.05) is 44.0 Å². The normalized spacial score (nSPS) is 19.3. The fraction of sp³-hybridized carbons (Fsp3) is 0.381. The van der Waals surface area contributed by atoms with Crippen molar-refractivity contribution >= 4 is 17.1 Å². The van der Waals surface area contributed by atoms with Crippen LogP contribution in [0, 0.1) is 12.8 Å². The number of aliphatic imine (C=N–C) groups is 1. The number of benzene rings is 1. The Morgan fingerprint density at radius 2 is 1.86 bits per heavy atom. The van der Waals surface area contributed by atoms with Crippen LogP contribution in [-0.2, 0) is 0 Å². The van der Waals surface area contributed by atoms with Crippen molar-refractivity contribution in [1.82, 2.24) is 4.90 Å². The summed E-state index contributed by atoms with van der Waals surface area (Å²) in [6.45, 7) is 3.68. The van der Waals surface area contributed by atoms with Crippen molar-refractivity contribution in [2.75, 3.05) is 33.2 Å². The Morgan fingerprint density at radius 1 is 1.18 bits per heavy atom. The molecule has 0 fully saturated rings. The van der Waals surface area contributed by atoms with Crippen molar-refractivity contribution in [2.24, 2.45) is 10.9 Å². The number of alkyl halides is 3. The van der Waals surface area contributed by atoms with E-state index in [1.54, 1.807) is 32.1 Å². The lowest BCUT2D eigenvalue weighted by atomic mass is 9.91. The van der Waals surface area contributed by atoms with Crippen LogP contribution >= 0.6 is 0 Å². The molecule has 1 aliphatic heterocycles. The van der Waals surface area contributed by atoms with Crippen molar-refractivity contribution < 1.29 is 17.9 Å². The highest BCUT2D eigenvalue weighted by molar-refractivity contribution is 6.07. The number of rotatable bonds is 3. The number of hydrogen-bond acceptors (Lipinski definition) is 4. The molecule has 0 N–H and O–H groups in total. The Bertz CT molecular complexity index is 924. The van der Waals surface area contributed by atoms with Crippen LogP contribution in [0.25, 0.3) is 5.70 Å². The van der Waals surface area contributed by atoms with Crippen molar-refractivity contribution in [3.05, 3.63) is 52.9 Å². The third-order valence-corrected chi connectivity index (χ3v) is 5.13. The van der Waals surface area contributed by atoms with Gasteiger partial charge in [0.05, 0.1) is 29.9 Å². The third kappa shape index (κ3) is 3.30. The standard InChI is InChI=1S/C21H24F3N3O/c1-12-15(10-14(26(3)4)11-18(12)28-6)20-13(2)25-19-16(21(22,23)24)8-7-9-17(19)27(20)5/h7-11,16H,1-6H3. The second kappa shape index (κ2) is 7.04. The molecule has 1 atom stereocenters. The number of anilines is 1. The molecule has 2 aliphatic rings. The number of hydrogen-bond donors (Lipinski definition) is 0. The predicted molar refractivity (Wildman–Crippen MR) is 107 cm³/mol. The van der Waals surface area contributed by atoms with Gasteiger partial charge in [0.1, 0.15) is 11.7 Å². The number of nitrogens with zero attached hydrogens (tertiary/aromatic N) is 3. The van der Waals surface area contributed by atoms with Crippen molar-refractivity contribution in [3.8, 4) is 5.75 Å². The summed E-state index contributed by atoms with van der Waals surface area (Å²) in [6, 6.07) is 3.95. The summed E-state index contributed by atoms with van der Waals surface area (Å²) in [4.78, 5) is 8.14. The third-order valence-electron chi connectivity index (χ3n) is 5.13. The number of methoxy groups -OCH3 is 1. The zero-order valence-corrected chi connectivity index (χ0v) is 16.8. The summed E-state index contributed by atoms with van der Waals surface area (Å²) < 4.78 is 46.0. The van der Waals surface area contributed by atoms with Gasteiger partial charge in [0.25, 0.3) is 0 Å². The van der Waals surface area contributed by atoms with Gasteiger partial charge in [-0.3, -0.25) is 4.99 Å². The molecule has 28 heavy (non-hydrogen) atoms. The van der Waals surface area contributed by atoms with Crippen LogP contribution in [0.1, 0.15) is 18.1 Å². The summed E-state index contributed by atoms with van der Waals surface area (Å²) in [5.74, 6) is -0.981. The van der Waals surface area contributed by atoms with E-state index in [1.807, 2.05) is 38.1 Å². The minimum Gasteiger partial charge on any atom is -0.496 e. The first-order chi connectivity index (χ1) is 13.1. The lowest BCUT2D eigenvalue weighted by Crippen LogP contribution is -2.38. The first kappa shape index (κ1) is 20.0. The van der Waals surface area contributed by atoms with Gasteiger partial charge in [-0.15, -0.1) is 0 Å². The molecular weight excluding hydrogens is 367 g/mol. The fourth-order valence-electron chi connectivity index (χ4n) is 3.63. The Hall–Kier alpha value is -2.70. The van der Waals surface area contributed by atoms with Crippen molar-refractivity contribution in [2.45, 2.75) is 20.0 Å². The lowest BCUT2D eigenvalue weighted by Gasteiger charge is -2.36. The van der Waals surface area contributed by atoms with Crippen LogP contribution in [0.4, 0.5) is 18.9 Å². The average molecular weight is 391 g/mol. The molecule has 4 nitrogen and oxygen atoms in total. The zero-order valence-electron chi connectivity index (χ0n) is 16.8. The molecule has 0 bridgehead atoms. The van der Waals surface area contributed by atoms with Crippen molar-refractivity contribution in [1.29, 1.82) is 0 Å². The molecule has 0 spiro atoms. The summed E-state index contributed by atoms with van der Waals surface area (Å²) in [7, 11) is 7.24.